The highest BCUT2D eigenvalue weighted by Gasteiger charge is 2.40. The van der Waals surface area contributed by atoms with E-state index in [1.807, 2.05) is 0 Å². The lowest BCUT2D eigenvalue weighted by Crippen LogP contribution is -2.21. The average molecular weight is 326 g/mol. The monoisotopic (exact) mass is 326 g/mol. The molecule has 1 fully saturated rings. The van der Waals surface area contributed by atoms with Crippen molar-refractivity contribution in [1.82, 2.24) is 0 Å². The normalized spacial score (nSPS) is 24.0. The first-order chi connectivity index (χ1) is 11.0. The number of ketones is 2. The maximum absolute atomic E-state index is 12.0. The van der Waals surface area contributed by atoms with Crippen molar-refractivity contribution in [2.75, 3.05) is 6.61 Å². The molecule has 132 valence electrons. The predicted octanol–water partition coefficient (Wildman–Crippen LogP) is 2.83. The first-order valence-corrected chi connectivity index (χ1v) is 8.81. The number of rotatable bonds is 11. The summed E-state index contributed by atoms with van der Waals surface area (Å²) in [6.45, 7) is 3.77. The van der Waals surface area contributed by atoms with Crippen LogP contribution in [0.4, 0.5) is 0 Å². The first-order valence-electron chi connectivity index (χ1n) is 8.81. The maximum Gasteiger partial charge on any atom is 0.305 e. The van der Waals surface area contributed by atoms with E-state index in [1.165, 1.54) is 0 Å². The van der Waals surface area contributed by atoms with Crippen molar-refractivity contribution in [2.24, 2.45) is 11.8 Å². The molecule has 0 aromatic rings. The summed E-state index contributed by atoms with van der Waals surface area (Å²) in [6, 6.07) is 0. The Morgan fingerprint density at radius 2 is 1.83 bits per heavy atom. The van der Waals surface area contributed by atoms with Crippen molar-refractivity contribution in [3.05, 3.63) is 0 Å². The number of aliphatic hydroxyl groups is 1. The molecule has 0 radical (unpaired) electrons. The Morgan fingerprint density at radius 1 is 1.13 bits per heavy atom. The molecule has 23 heavy (non-hydrogen) atoms. The zero-order valence-corrected chi connectivity index (χ0v) is 14.4. The highest BCUT2D eigenvalue weighted by molar-refractivity contribution is 5.84. The molecule has 0 aliphatic heterocycles. The third kappa shape index (κ3) is 7.25. The van der Waals surface area contributed by atoms with Crippen molar-refractivity contribution >= 4 is 17.5 Å². The Bertz CT molecular complexity index is 404. The molecule has 0 unspecified atom stereocenters. The van der Waals surface area contributed by atoms with Crippen molar-refractivity contribution in [1.29, 1.82) is 0 Å². The molecule has 5 heteroatoms. The Hall–Kier alpha value is -1.23. The van der Waals surface area contributed by atoms with Gasteiger partial charge in [0.25, 0.3) is 0 Å². The molecule has 0 amide bonds. The minimum Gasteiger partial charge on any atom is -0.466 e. The molecule has 3 atom stereocenters. The van der Waals surface area contributed by atoms with Crippen LogP contribution in [-0.4, -0.2) is 35.4 Å². The van der Waals surface area contributed by atoms with Crippen LogP contribution in [-0.2, 0) is 19.1 Å². The molecular formula is C18H30O5. The van der Waals surface area contributed by atoms with E-state index in [0.717, 1.165) is 32.1 Å². The van der Waals surface area contributed by atoms with Gasteiger partial charge in [0, 0.05) is 25.2 Å². The quantitative estimate of drug-likeness (QED) is 0.466. The first kappa shape index (κ1) is 19.8. The zero-order chi connectivity index (χ0) is 17.2. The van der Waals surface area contributed by atoms with Gasteiger partial charge in [-0.2, -0.15) is 0 Å². The van der Waals surface area contributed by atoms with Crippen LogP contribution in [0.2, 0.25) is 0 Å². The standard InChI is InChI=1S/C18H30O5/c1-3-23-18(22)9-7-5-4-6-8-14-15(11-10-13(2)19)17(21)12-16(14)20/h14-15,17,21H,3-12H2,1-2H3/t14-,15-,17-/m1/s1. The van der Waals surface area contributed by atoms with Crippen molar-refractivity contribution < 1.29 is 24.2 Å². The Labute approximate surface area is 138 Å². The van der Waals surface area contributed by atoms with Crippen LogP contribution >= 0.6 is 0 Å². The van der Waals surface area contributed by atoms with E-state index >= 15 is 0 Å². The van der Waals surface area contributed by atoms with Crippen LogP contribution in [0.5, 0.6) is 0 Å². The minimum atomic E-state index is -0.587. The molecule has 1 N–H and O–H groups in total. The van der Waals surface area contributed by atoms with Gasteiger partial charge in [0.05, 0.1) is 12.7 Å². The van der Waals surface area contributed by atoms with E-state index in [9.17, 15) is 19.5 Å². The van der Waals surface area contributed by atoms with Gasteiger partial charge in [0.1, 0.15) is 11.6 Å². The number of aliphatic hydroxyl groups excluding tert-OH is 1. The maximum atomic E-state index is 12.0. The SMILES string of the molecule is CCOC(=O)CCCCCC[C@H]1C(=O)C[C@@H](O)[C@@H]1CCC(C)=O. The lowest BCUT2D eigenvalue weighted by molar-refractivity contribution is -0.143. The molecule has 0 spiro atoms. The van der Waals surface area contributed by atoms with Gasteiger partial charge in [-0.15, -0.1) is 0 Å². The Kier molecular flexibility index (Phi) is 9.07. The molecule has 1 saturated carbocycles. The number of Topliss-reactive ketones (excluding diaryl/α,β-unsaturated/α-hetero) is 2. The fourth-order valence-electron chi connectivity index (χ4n) is 3.37. The molecule has 0 bridgehead atoms. The van der Waals surface area contributed by atoms with E-state index in [0.29, 0.717) is 25.9 Å². The number of ether oxygens (including phenoxy) is 1. The number of carbonyl (C=O) groups is 3. The van der Waals surface area contributed by atoms with E-state index < -0.39 is 6.10 Å². The second kappa shape index (κ2) is 10.5. The fraction of sp³-hybridized carbons (Fsp3) is 0.833. The Balaban J connectivity index is 2.24. The summed E-state index contributed by atoms with van der Waals surface area (Å²) in [5.74, 6) is -0.0712. The molecule has 1 aliphatic carbocycles. The second-order valence-corrected chi connectivity index (χ2v) is 6.51. The van der Waals surface area contributed by atoms with Crippen molar-refractivity contribution in [2.45, 2.75) is 77.7 Å². The van der Waals surface area contributed by atoms with Gasteiger partial charge in [-0.05, 0) is 39.0 Å². The lowest BCUT2D eigenvalue weighted by Gasteiger charge is -2.20. The van der Waals surface area contributed by atoms with Gasteiger partial charge in [-0.1, -0.05) is 19.3 Å². The van der Waals surface area contributed by atoms with E-state index in [4.69, 9.17) is 4.74 Å². The largest absolute Gasteiger partial charge is 0.466 e. The number of unbranched alkanes of at least 4 members (excludes halogenated alkanes) is 3. The van der Waals surface area contributed by atoms with Crippen LogP contribution in [0, 0.1) is 11.8 Å². The van der Waals surface area contributed by atoms with Crippen LogP contribution in [0.25, 0.3) is 0 Å². The molecule has 0 saturated heterocycles. The average Bonchev–Trinajstić information content (AvgIpc) is 2.74. The summed E-state index contributed by atoms with van der Waals surface area (Å²) in [5, 5.41) is 10.0. The smallest absolute Gasteiger partial charge is 0.305 e. The summed E-state index contributed by atoms with van der Waals surface area (Å²) in [6.07, 6.45) is 5.57. The van der Waals surface area contributed by atoms with Gasteiger partial charge in [-0.3, -0.25) is 9.59 Å². The third-order valence-corrected chi connectivity index (χ3v) is 4.62. The number of hydrogen-bond acceptors (Lipinski definition) is 5. The lowest BCUT2D eigenvalue weighted by atomic mass is 9.85. The van der Waals surface area contributed by atoms with Crippen molar-refractivity contribution in [3.8, 4) is 0 Å². The van der Waals surface area contributed by atoms with Gasteiger partial charge >= 0.3 is 5.97 Å². The number of carbonyl (C=O) groups excluding carboxylic acids is 3. The summed E-state index contributed by atoms with van der Waals surface area (Å²) >= 11 is 0. The van der Waals surface area contributed by atoms with Crippen LogP contribution in [0.15, 0.2) is 0 Å². The van der Waals surface area contributed by atoms with E-state index in [1.54, 1.807) is 13.8 Å². The van der Waals surface area contributed by atoms with Gasteiger partial charge in [-0.25, -0.2) is 0 Å². The van der Waals surface area contributed by atoms with E-state index in [2.05, 4.69) is 0 Å². The molecule has 0 aromatic carbocycles. The summed E-state index contributed by atoms with van der Waals surface area (Å²) in [4.78, 5) is 34.4. The topological polar surface area (TPSA) is 80.7 Å². The van der Waals surface area contributed by atoms with Crippen LogP contribution in [0.1, 0.15) is 71.6 Å². The molecule has 0 heterocycles. The summed E-state index contributed by atoms with van der Waals surface area (Å²) in [5.41, 5.74) is 0. The van der Waals surface area contributed by atoms with Crippen LogP contribution in [0.3, 0.4) is 0 Å². The van der Waals surface area contributed by atoms with Crippen LogP contribution < -0.4 is 0 Å². The molecule has 0 aromatic heterocycles. The minimum absolute atomic E-state index is 0.0640. The molecule has 1 rings (SSSR count). The highest BCUT2D eigenvalue weighted by Crippen LogP contribution is 2.36. The second-order valence-electron chi connectivity index (χ2n) is 6.51. The zero-order valence-electron chi connectivity index (χ0n) is 14.4. The summed E-state index contributed by atoms with van der Waals surface area (Å²) in [7, 11) is 0. The Morgan fingerprint density at radius 3 is 2.48 bits per heavy atom. The van der Waals surface area contributed by atoms with Gasteiger partial charge in [0.15, 0.2) is 0 Å². The van der Waals surface area contributed by atoms with E-state index in [-0.39, 0.29) is 35.8 Å². The van der Waals surface area contributed by atoms with Gasteiger partial charge < -0.3 is 14.6 Å². The highest BCUT2D eigenvalue weighted by atomic mass is 16.5. The molecular weight excluding hydrogens is 296 g/mol. The molecule has 5 nitrogen and oxygen atoms in total. The number of esters is 1. The number of hydrogen-bond donors (Lipinski definition) is 1. The summed E-state index contributed by atoms with van der Waals surface area (Å²) < 4.78 is 4.88. The third-order valence-electron chi connectivity index (χ3n) is 4.62. The molecule has 1 aliphatic rings. The van der Waals surface area contributed by atoms with Crippen molar-refractivity contribution in [3.63, 3.8) is 0 Å². The van der Waals surface area contributed by atoms with Gasteiger partial charge in [0.2, 0.25) is 0 Å². The fourth-order valence-corrected chi connectivity index (χ4v) is 3.37. The predicted molar refractivity (Wildman–Crippen MR) is 86.9 cm³/mol.